The van der Waals surface area contributed by atoms with Crippen LogP contribution in [-0.2, 0) is 9.59 Å². The van der Waals surface area contributed by atoms with E-state index in [2.05, 4.69) is 0 Å². The van der Waals surface area contributed by atoms with E-state index in [-0.39, 0.29) is 4.32 Å². The first-order valence-electron chi connectivity index (χ1n) is 7.31. The molecule has 0 saturated carbocycles. The number of amides is 1. The Bertz CT molecular complexity index is 702. The Balaban J connectivity index is 2.27. The van der Waals surface area contributed by atoms with Crippen LogP contribution in [0.5, 0.6) is 11.5 Å². The normalized spacial score (nSPS) is 15.9. The van der Waals surface area contributed by atoms with E-state index >= 15 is 0 Å². The van der Waals surface area contributed by atoms with Gasteiger partial charge in [-0.25, -0.2) is 0 Å². The second-order valence-electron chi connectivity index (χ2n) is 4.71. The second-order valence-corrected chi connectivity index (χ2v) is 6.39. The van der Waals surface area contributed by atoms with Crippen molar-refractivity contribution in [2.24, 2.45) is 0 Å². The van der Waals surface area contributed by atoms with Gasteiger partial charge in [0.2, 0.25) is 0 Å². The number of hydrogen-bond acceptors (Lipinski definition) is 7. The molecule has 0 aliphatic carbocycles. The molecule has 8 heteroatoms. The summed E-state index contributed by atoms with van der Waals surface area (Å²) in [4.78, 5) is 24.3. The van der Waals surface area contributed by atoms with Crippen molar-refractivity contribution >= 4 is 46.3 Å². The standard InChI is InChI=1S/C16H17NO5S2/c1-3-21-11-6-5-10(7-12(11)22-4-2)8-13-15(20)17(9-14(18)19)16(23)24-13/h5-8H,3-4,9H2,1-2H3,(H,18,19)/p-1/b13-8-. The quantitative estimate of drug-likeness (QED) is 0.534. The third-order valence-corrected chi connectivity index (χ3v) is 4.40. The van der Waals surface area contributed by atoms with Gasteiger partial charge >= 0.3 is 0 Å². The van der Waals surface area contributed by atoms with Gasteiger partial charge in [0.15, 0.2) is 11.5 Å². The lowest BCUT2D eigenvalue weighted by Gasteiger charge is -2.14. The molecule has 2 rings (SSSR count). The summed E-state index contributed by atoms with van der Waals surface area (Å²) in [6.07, 6.45) is 1.65. The van der Waals surface area contributed by atoms with Crippen molar-refractivity contribution in [3.05, 3.63) is 28.7 Å². The Morgan fingerprint density at radius 1 is 1.29 bits per heavy atom. The topological polar surface area (TPSA) is 78.9 Å². The van der Waals surface area contributed by atoms with Gasteiger partial charge in [-0.2, -0.15) is 0 Å². The molecule has 0 spiro atoms. The summed E-state index contributed by atoms with van der Waals surface area (Å²) in [7, 11) is 0. The first-order chi connectivity index (χ1) is 11.5. The largest absolute Gasteiger partial charge is 0.548 e. The number of carbonyl (C=O) groups is 2. The predicted octanol–water partition coefficient (Wildman–Crippen LogP) is 1.44. The Morgan fingerprint density at radius 2 is 1.96 bits per heavy atom. The van der Waals surface area contributed by atoms with Crippen LogP contribution in [0.2, 0.25) is 0 Å². The van der Waals surface area contributed by atoms with Crippen molar-refractivity contribution in [2.75, 3.05) is 19.8 Å². The highest BCUT2D eigenvalue weighted by atomic mass is 32.2. The molecule has 1 saturated heterocycles. The highest BCUT2D eigenvalue weighted by Gasteiger charge is 2.31. The van der Waals surface area contributed by atoms with Crippen LogP contribution in [0.1, 0.15) is 19.4 Å². The molecule has 0 atom stereocenters. The third kappa shape index (κ3) is 4.27. The van der Waals surface area contributed by atoms with Crippen LogP contribution in [0, 0.1) is 0 Å². The molecule has 24 heavy (non-hydrogen) atoms. The van der Waals surface area contributed by atoms with Crippen molar-refractivity contribution in [3.63, 3.8) is 0 Å². The smallest absolute Gasteiger partial charge is 0.266 e. The van der Waals surface area contributed by atoms with E-state index in [1.54, 1.807) is 24.3 Å². The van der Waals surface area contributed by atoms with Crippen LogP contribution < -0.4 is 14.6 Å². The van der Waals surface area contributed by atoms with E-state index in [1.165, 1.54) is 0 Å². The molecule has 6 nitrogen and oxygen atoms in total. The van der Waals surface area contributed by atoms with E-state index in [0.717, 1.165) is 22.2 Å². The van der Waals surface area contributed by atoms with Gasteiger partial charge in [0, 0.05) is 0 Å². The average molecular weight is 366 g/mol. The number of aliphatic carboxylic acids is 1. The number of benzene rings is 1. The van der Waals surface area contributed by atoms with Gasteiger partial charge in [0.25, 0.3) is 5.91 Å². The highest BCUT2D eigenvalue weighted by Crippen LogP contribution is 2.34. The zero-order valence-electron chi connectivity index (χ0n) is 13.2. The van der Waals surface area contributed by atoms with E-state index in [4.69, 9.17) is 21.7 Å². The van der Waals surface area contributed by atoms with Crippen molar-refractivity contribution < 1.29 is 24.2 Å². The molecule has 0 unspecified atom stereocenters. The fourth-order valence-corrected chi connectivity index (χ4v) is 3.33. The molecule has 0 radical (unpaired) electrons. The molecular formula is C16H16NO5S2-. The molecule has 0 N–H and O–H groups in total. The number of carboxylic acid groups (broad SMARTS) is 1. The van der Waals surface area contributed by atoms with Crippen molar-refractivity contribution in [2.45, 2.75) is 13.8 Å². The van der Waals surface area contributed by atoms with Crippen LogP contribution >= 0.6 is 24.0 Å². The fraction of sp³-hybridized carbons (Fsp3) is 0.312. The number of hydrogen-bond donors (Lipinski definition) is 0. The van der Waals surface area contributed by atoms with Gasteiger partial charge in [-0.3, -0.25) is 9.69 Å². The van der Waals surface area contributed by atoms with Crippen molar-refractivity contribution in [1.29, 1.82) is 0 Å². The van der Waals surface area contributed by atoms with Crippen LogP contribution in [0.4, 0.5) is 0 Å². The number of thioether (sulfide) groups is 1. The van der Waals surface area contributed by atoms with Gasteiger partial charge in [-0.1, -0.05) is 30.0 Å². The van der Waals surface area contributed by atoms with Crippen LogP contribution in [0.15, 0.2) is 23.1 Å². The molecule has 1 aromatic carbocycles. The lowest BCUT2D eigenvalue weighted by Crippen LogP contribution is -2.40. The number of ether oxygens (including phenoxy) is 2. The zero-order valence-corrected chi connectivity index (χ0v) is 14.9. The summed E-state index contributed by atoms with van der Waals surface area (Å²) in [5.41, 5.74) is 0.732. The minimum Gasteiger partial charge on any atom is -0.548 e. The third-order valence-electron chi connectivity index (χ3n) is 3.03. The number of carbonyl (C=O) groups excluding carboxylic acids is 2. The van der Waals surface area contributed by atoms with Crippen LogP contribution in [-0.4, -0.2) is 40.9 Å². The predicted molar refractivity (Wildman–Crippen MR) is 93.7 cm³/mol. The minimum atomic E-state index is -1.35. The lowest BCUT2D eigenvalue weighted by atomic mass is 10.2. The van der Waals surface area contributed by atoms with Crippen molar-refractivity contribution in [1.82, 2.24) is 4.90 Å². The summed E-state index contributed by atoms with van der Waals surface area (Å²) in [5, 5.41) is 10.7. The molecule has 1 aliphatic rings. The molecule has 1 fully saturated rings. The number of nitrogens with zero attached hydrogens (tertiary/aromatic N) is 1. The number of thiocarbonyl (C=S) groups is 1. The molecule has 1 amide bonds. The maximum absolute atomic E-state index is 12.2. The van der Waals surface area contributed by atoms with Gasteiger partial charge in [-0.05, 0) is 37.6 Å². The molecule has 1 aromatic rings. The Labute approximate surface area is 149 Å². The van der Waals surface area contributed by atoms with E-state index < -0.39 is 18.4 Å². The average Bonchev–Trinajstić information content (AvgIpc) is 2.77. The monoisotopic (exact) mass is 366 g/mol. The lowest BCUT2D eigenvalue weighted by molar-refractivity contribution is -0.305. The zero-order chi connectivity index (χ0) is 17.7. The summed E-state index contributed by atoms with van der Waals surface area (Å²) in [6.45, 7) is 4.20. The second kappa shape index (κ2) is 8.16. The Kier molecular flexibility index (Phi) is 6.22. The molecule has 0 bridgehead atoms. The molecule has 0 aromatic heterocycles. The van der Waals surface area contributed by atoms with Crippen LogP contribution in [0.3, 0.4) is 0 Å². The summed E-state index contributed by atoms with van der Waals surface area (Å²) in [6, 6.07) is 5.32. The SMILES string of the molecule is CCOc1ccc(/C=C2\SC(=S)N(CC(=O)[O-])C2=O)cc1OCC. The fourth-order valence-electron chi connectivity index (χ4n) is 2.07. The Hall–Kier alpha value is -2.06. The van der Waals surface area contributed by atoms with Crippen LogP contribution in [0.25, 0.3) is 6.08 Å². The number of carboxylic acids is 1. The van der Waals surface area contributed by atoms with Gasteiger partial charge < -0.3 is 19.4 Å². The summed E-state index contributed by atoms with van der Waals surface area (Å²) >= 11 is 6.10. The van der Waals surface area contributed by atoms with Crippen molar-refractivity contribution in [3.8, 4) is 11.5 Å². The van der Waals surface area contributed by atoms with Gasteiger partial charge in [-0.15, -0.1) is 0 Å². The minimum absolute atomic E-state index is 0.200. The van der Waals surface area contributed by atoms with E-state index in [1.807, 2.05) is 13.8 Å². The van der Waals surface area contributed by atoms with Gasteiger partial charge in [0.05, 0.1) is 30.6 Å². The first kappa shape index (κ1) is 18.3. The van der Waals surface area contributed by atoms with Gasteiger partial charge in [0.1, 0.15) is 4.32 Å². The number of rotatable bonds is 7. The summed E-state index contributed by atoms with van der Waals surface area (Å²) < 4.78 is 11.2. The molecule has 1 heterocycles. The summed E-state index contributed by atoms with van der Waals surface area (Å²) in [5.74, 6) is -0.590. The molecule has 1 aliphatic heterocycles. The molecule has 128 valence electrons. The van der Waals surface area contributed by atoms with E-state index in [9.17, 15) is 14.7 Å². The van der Waals surface area contributed by atoms with E-state index in [0.29, 0.717) is 29.6 Å². The first-order valence-corrected chi connectivity index (χ1v) is 8.53. The Morgan fingerprint density at radius 3 is 2.58 bits per heavy atom. The maximum Gasteiger partial charge on any atom is 0.266 e. The maximum atomic E-state index is 12.2. The molecular weight excluding hydrogens is 350 g/mol. The highest BCUT2D eigenvalue weighted by molar-refractivity contribution is 8.26.